The SMILES string of the molecule is Cn1cc(C(N)c2cc3cc(F)ccc3o2)cn1. The molecule has 5 heteroatoms. The van der Waals surface area contributed by atoms with Gasteiger partial charge in [0.15, 0.2) is 0 Å². The second-order valence-corrected chi connectivity index (χ2v) is 4.26. The van der Waals surface area contributed by atoms with Gasteiger partial charge in [-0.05, 0) is 24.3 Å². The highest BCUT2D eigenvalue weighted by Gasteiger charge is 2.15. The van der Waals surface area contributed by atoms with E-state index in [1.807, 2.05) is 13.2 Å². The molecule has 1 aromatic carbocycles. The summed E-state index contributed by atoms with van der Waals surface area (Å²) in [6, 6.07) is 5.76. The van der Waals surface area contributed by atoms with Crippen LogP contribution >= 0.6 is 0 Å². The number of fused-ring (bicyclic) bond motifs is 1. The normalized spacial score (nSPS) is 13.1. The van der Waals surface area contributed by atoms with Crippen molar-refractivity contribution in [2.45, 2.75) is 6.04 Å². The molecule has 0 amide bonds. The van der Waals surface area contributed by atoms with Crippen molar-refractivity contribution < 1.29 is 8.81 Å². The molecule has 0 bridgehead atoms. The Kier molecular flexibility index (Phi) is 2.41. The van der Waals surface area contributed by atoms with Crippen molar-refractivity contribution in [1.29, 1.82) is 0 Å². The summed E-state index contributed by atoms with van der Waals surface area (Å²) in [5.41, 5.74) is 7.58. The highest BCUT2D eigenvalue weighted by atomic mass is 19.1. The second-order valence-electron chi connectivity index (χ2n) is 4.26. The molecule has 0 saturated heterocycles. The van der Waals surface area contributed by atoms with Crippen LogP contribution in [0.5, 0.6) is 0 Å². The average molecular weight is 245 g/mol. The van der Waals surface area contributed by atoms with Crippen LogP contribution in [0.4, 0.5) is 4.39 Å². The first-order valence-corrected chi connectivity index (χ1v) is 5.56. The van der Waals surface area contributed by atoms with Crippen LogP contribution in [0.2, 0.25) is 0 Å². The van der Waals surface area contributed by atoms with Crippen molar-refractivity contribution in [1.82, 2.24) is 9.78 Å². The van der Waals surface area contributed by atoms with E-state index in [1.165, 1.54) is 12.1 Å². The average Bonchev–Trinajstić information content (AvgIpc) is 2.93. The summed E-state index contributed by atoms with van der Waals surface area (Å²) < 4.78 is 20.4. The summed E-state index contributed by atoms with van der Waals surface area (Å²) >= 11 is 0. The van der Waals surface area contributed by atoms with Gasteiger partial charge in [0.2, 0.25) is 0 Å². The van der Waals surface area contributed by atoms with E-state index in [2.05, 4.69) is 5.10 Å². The van der Waals surface area contributed by atoms with Gasteiger partial charge in [-0.15, -0.1) is 0 Å². The molecule has 0 radical (unpaired) electrons. The number of benzene rings is 1. The zero-order valence-corrected chi connectivity index (χ0v) is 9.80. The molecule has 0 fully saturated rings. The van der Waals surface area contributed by atoms with Gasteiger partial charge in [-0.2, -0.15) is 5.10 Å². The maximum Gasteiger partial charge on any atom is 0.134 e. The number of aryl methyl sites for hydroxylation is 1. The molecule has 4 nitrogen and oxygen atoms in total. The first kappa shape index (κ1) is 11.0. The van der Waals surface area contributed by atoms with Crippen LogP contribution in [0.1, 0.15) is 17.4 Å². The summed E-state index contributed by atoms with van der Waals surface area (Å²) in [7, 11) is 1.82. The molecule has 2 heterocycles. The molecule has 0 saturated carbocycles. The Bertz CT molecular complexity index is 701. The zero-order valence-electron chi connectivity index (χ0n) is 9.80. The van der Waals surface area contributed by atoms with Crippen LogP contribution in [0.25, 0.3) is 11.0 Å². The number of halogens is 1. The number of furan rings is 1. The third-order valence-corrected chi connectivity index (χ3v) is 2.89. The minimum Gasteiger partial charge on any atom is -0.459 e. The third-order valence-electron chi connectivity index (χ3n) is 2.89. The van der Waals surface area contributed by atoms with E-state index in [1.54, 1.807) is 23.0 Å². The molecule has 92 valence electrons. The first-order chi connectivity index (χ1) is 8.63. The lowest BCUT2D eigenvalue weighted by Gasteiger charge is -2.04. The van der Waals surface area contributed by atoms with Crippen molar-refractivity contribution in [3.63, 3.8) is 0 Å². The van der Waals surface area contributed by atoms with Crippen LogP contribution in [-0.4, -0.2) is 9.78 Å². The number of hydrogen-bond acceptors (Lipinski definition) is 3. The fourth-order valence-electron chi connectivity index (χ4n) is 1.95. The van der Waals surface area contributed by atoms with Gasteiger partial charge < -0.3 is 10.2 Å². The molecule has 2 N–H and O–H groups in total. The monoisotopic (exact) mass is 245 g/mol. The number of hydrogen-bond donors (Lipinski definition) is 1. The van der Waals surface area contributed by atoms with E-state index < -0.39 is 6.04 Å². The van der Waals surface area contributed by atoms with Gasteiger partial charge in [0.05, 0.1) is 12.2 Å². The highest BCUT2D eigenvalue weighted by Crippen LogP contribution is 2.26. The predicted molar refractivity (Wildman–Crippen MR) is 65.4 cm³/mol. The maximum absolute atomic E-state index is 13.1. The van der Waals surface area contributed by atoms with Crippen LogP contribution in [0.15, 0.2) is 41.1 Å². The number of nitrogens with two attached hydrogens (primary N) is 1. The lowest BCUT2D eigenvalue weighted by Crippen LogP contribution is -2.09. The quantitative estimate of drug-likeness (QED) is 0.754. The van der Waals surface area contributed by atoms with Gasteiger partial charge in [-0.25, -0.2) is 4.39 Å². The van der Waals surface area contributed by atoms with E-state index >= 15 is 0 Å². The minimum absolute atomic E-state index is 0.287. The van der Waals surface area contributed by atoms with Crippen molar-refractivity contribution in [3.05, 3.63) is 53.8 Å². The number of nitrogens with zero attached hydrogens (tertiary/aromatic N) is 2. The van der Waals surface area contributed by atoms with Gasteiger partial charge in [-0.1, -0.05) is 0 Å². The van der Waals surface area contributed by atoms with E-state index in [-0.39, 0.29) is 5.82 Å². The fraction of sp³-hybridized carbons (Fsp3) is 0.154. The van der Waals surface area contributed by atoms with Crippen molar-refractivity contribution in [2.75, 3.05) is 0 Å². The molecule has 1 atom stereocenters. The molecule has 18 heavy (non-hydrogen) atoms. The van der Waals surface area contributed by atoms with Crippen LogP contribution in [-0.2, 0) is 7.05 Å². The number of aromatic nitrogens is 2. The Morgan fingerprint density at radius 3 is 2.94 bits per heavy atom. The fourth-order valence-corrected chi connectivity index (χ4v) is 1.95. The molecule has 1 unspecified atom stereocenters. The molecule has 3 rings (SSSR count). The maximum atomic E-state index is 13.1. The Labute approximate surface area is 103 Å². The summed E-state index contributed by atoms with van der Waals surface area (Å²) in [5, 5.41) is 4.78. The topological polar surface area (TPSA) is 57.0 Å². The minimum atomic E-state index is -0.394. The van der Waals surface area contributed by atoms with E-state index in [4.69, 9.17) is 10.2 Å². The summed E-state index contributed by atoms with van der Waals surface area (Å²) in [5.74, 6) is 0.313. The number of rotatable bonds is 2. The molecule has 2 aromatic heterocycles. The Morgan fingerprint density at radius 1 is 1.39 bits per heavy atom. The third kappa shape index (κ3) is 1.78. The van der Waals surface area contributed by atoms with E-state index in [0.717, 1.165) is 5.56 Å². The van der Waals surface area contributed by atoms with Gasteiger partial charge >= 0.3 is 0 Å². The summed E-state index contributed by atoms with van der Waals surface area (Å²) in [6.45, 7) is 0. The predicted octanol–water partition coefficient (Wildman–Crippen LogP) is 2.35. The largest absolute Gasteiger partial charge is 0.459 e. The molecule has 0 aliphatic carbocycles. The molecule has 0 spiro atoms. The highest BCUT2D eigenvalue weighted by molar-refractivity contribution is 5.78. The molecule has 3 aromatic rings. The van der Waals surface area contributed by atoms with Crippen molar-refractivity contribution >= 4 is 11.0 Å². The molecular weight excluding hydrogens is 233 g/mol. The van der Waals surface area contributed by atoms with Gasteiger partial charge in [0.1, 0.15) is 17.2 Å². The van der Waals surface area contributed by atoms with E-state index in [0.29, 0.717) is 16.7 Å². The van der Waals surface area contributed by atoms with Gasteiger partial charge in [0.25, 0.3) is 0 Å². The van der Waals surface area contributed by atoms with Crippen LogP contribution < -0.4 is 5.73 Å². The smallest absolute Gasteiger partial charge is 0.134 e. The zero-order chi connectivity index (χ0) is 12.7. The van der Waals surface area contributed by atoms with Crippen LogP contribution in [0.3, 0.4) is 0 Å². The standard InChI is InChI=1S/C13H12FN3O/c1-17-7-9(6-16-17)13(15)12-5-8-4-10(14)2-3-11(8)18-12/h2-7,13H,15H2,1H3. The van der Waals surface area contributed by atoms with Crippen molar-refractivity contribution in [2.24, 2.45) is 12.8 Å². The molecule has 0 aliphatic heterocycles. The molecular formula is C13H12FN3O. The Morgan fingerprint density at radius 2 is 2.22 bits per heavy atom. The van der Waals surface area contributed by atoms with Crippen LogP contribution in [0, 0.1) is 5.82 Å². The Balaban J connectivity index is 2.03. The second kappa shape index (κ2) is 3.96. The lowest BCUT2D eigenvalue weighted by molar-refractivity contribution is 0.524. The Hall–Kier alpha value is -2.14. The summed E-state index contributed by atoms with van der Waals surface area (Å²) in [6.07, 6.45) is 3.52. The van der Waals surface area contributed by atoms with Crippen molar-refractivity contribution in [3.8, 4) is 0 Å². The molecule has 0 aliphatic rings. The van der Waals surface area contributed by atoms with Gasteiger partial charge in [-0.3, -0.25) is 4.68 Å². The first-order valence-electron chi connectivity index (χ1n) is 5.56. The lowest BCUT2D eigenvalue weighted by atomic mass is 10.1. The summed E-state index contributed by atoms with van der Waals surface area (Å²) in [4.78, 5) is 0. The van der Waals surface area contributed by atoms with E-state index in [9.17, 15) is 4.39 Å². The van der Waals surface area contributed by atoms with Gasteiger partial charge in [0, 0.05) is 24.2 Å².